The van der Waals surface area contributed by atoms with Crippen LogP contribution < -0.4 is 5.46 Å². The minimum Gasteiger partial charge on any atom is -0.478 e. The summed E-state index contributed by atoms with van der Waals surface area (Å²) in [5, 5.41) is 26.2. The lowest BCUT2D eigenvalue weighted by Gasteiger charge is -2.05. The highest BCUT2D eigenvalue weighted by atomic mass is 19.1. The van der Waals surface area contributed by atoms with Crippen molar-refractivity contribution in [3.63, 3.8) is 0 Å². The first-order chi connectivity index (χ1) is 6.43. The van der Waals surface area contributed by atoms with Gasteiger partial charge in [-0.05, 0) is 24.0 Å². The van der Waals surface area contributed by atoms with Gasteiger partial charge in [-0.25, -0.2) is 9.18 Å². The SMILES string of the molecule is Cc1cc(B(O)O)cc(C(=O)O)c1F. The number of carbonyl (C=O) groups is 1. The number of benzene rings is 1. The van der Waals surface area contributed by atoms with Crippen molar-refractivity contribution >= 4 is 18.6 Å². The van der Waals surface area contributed by atoms with E-state index in [4.69, 9.17) is 15.2 Å². The first kappa shape index (κ1) is 10.7. The molecule has 1 aromatic rings. The highest BCUT2D eigenvalue weighted by Gasteiger charge is 2.19. The van der Waals surface area contributed by atoms with E-state index in [2.05, 4.69) is 0 Å². The molecule has 0 atom stereocenters. The van der Waals surface area contributed by atoms with Crippen LogP contribution in [0.1, 0.15) is 15.9 Å². The molecule has 0 heterocycles. The summed E-state index contributed by atoms with van der Waals surface area (Å²) in [5.74, 6) is -2.30. The van der Waals surface area contributed by atoms with Crippen LogP contribution in [0.3, 0.4) is 0 Å². The maximum atomic E-state index is 13.2. The Labute approximate surface area is 79.8 Å². The predicted molar refractivity (Wildman–Crippen MR) is 47.9 cm³/mol. The number of aryl methyl sites for hydroxylation is 1. The van der Waals surface area contributed by atoms with E-state index in [0.717, 1.165) is 6.07 Å². The number of carboxylic acid groups (broad SMARTS) is 1. The molecular formula is C8H8BFO4. The minimum absolute atomic E-state index is 0.0405. The molecule has 1 rings (SSSR count). The van der Waals surface area contributed by atoms with Crippen LogP contribution in [-0.2, 0) is 0 Å². The van der Waals surface area contributed by atoms with Crippen LogP contribution in [0, 0.1) is 12.7 Å². The van der Waals surface area contributed by atoms with Crippen molar-refractivity contribution in [2.45, 2.75) is 6.92 Å². The highest BCUT2D eigenvalue weighted by molar-refractivity contribution is 6.58. The molecule has 6 heteroatoms. The first-order valence-electron chi connectivity index (χ1n) is 3.83. The Hall–Kier alpha value is -1.40. The fourth-order valence-electron chi connectivity index (χ4n) is 1.10. The minimum atomic E-state index is -1.80. The van der Waals surface area contributed by atoms with E-state index in [-0.39, 0.29) is 11.0 Å². The molecular weight excluding hydrogens is 190 g/mol. The van der Waals surface area contributed by atoms with Gasteiger partial charge in [0.25, 0.3) is 0 Å². The van der Waals surface area contributed by atoms with Crippen molar-refractivity contribution < 1.29 is 24.3 Å². The van der Waals surface area contributed by atoms with E-state index in [1.165, 1.54) is 13.0 Å². The van der Waals surface area contributed by atoms with Gasteiger partial charge in [0.15, 0.2) is 0 Å². The van der Waals surface area contributed by atoms with Gasteiger partial charge in [0.1, 0.15) is 5.82 Å². The molecule has 0 aromatic heterocycles. The summed E-state index contributed by atoms with van der Waals surface area (Å²) in [6.07, 6.45) is 0. The van der Waals surface area contributed by atoms with E-state index in [9.17, 15) is 9.18 Å². The molecule has 0 unspecified atom stereocenters. The van der Waals surface area contributed by atoms with E-state index >= 15 is 0 Å². The van der Waals surface area contributed by atoms with Gasteiger partial charge in [-0.3, -0.25) is 0 Å². The average Bonchev–Trinajstić information content (AvgIpc) is 2.08. The summed E-state index contributed by atoms with van der Waals surface area (Å²) in [5.41, 5.74) is -0.539. The second-order valence-electron chi connectivity index (χ2n) is 2.88. The lowest BCUT2D eigenvalue weighted by atomic mass is 9.78. The lowest BCUT2D eigenvalue weighted by Crippen LogP contribution is -2.31. The van der Waals surface area contributed by atoms with Gasteiger partial charge in [0, 0.05) is 0 Å². The number of hydrogen-bond donors (Lipinski definition) is 3. The summed E-state index contributed by atoms with van der Waals surface area (Å²) >= 11 is 0. The normalized spacial score (nSPS) is 10.0. The molecule has 14 heavy (non-hydrogen) atoms. The number of rotatable bonds is 2. The van der Waals surface area contributed by atoms with Crippen molar-refractivity contribution in [3.05, 3.63) is 29.1 Å². The van der Waals surface area contributed by atoms with Crippen molar-refractivity contribution in [1.29, 1.82) is 0 Å². The zero-order chi connectivity index (χ0) is 10.9. The van der Waals surface area contributed by atoms with Crippen LogP contribution in [0.25, 0.3) is 0 Å². The van der Waals surface area contributed by atoms with Crippen molar-refractivity contribution in [2.24, 2.45) is 0 Å². The van der Waals surface area contributed by atoms with Gasteiger partial charge in [-0.2, -0.15) is 0 Å². The zero-order valence-corrected chi connectivity index (χ0v) is 7.36. The van der Waals surface area contributed by atoms with Crippen LogP contribution in [0.2, 0.25) is 0 Å². The van der Waals surface area contributed by atoms with Crippen LogP contribution in [0.4, 0.5) is 4.39 Å². The Morgan fingerprint density at radius 3 is 2.43 bits per heavy atom. The zero-order valence-electron chi connectivity index (χ0n) is 7.36. The summed E-state index contributed by atoms with van der Waals surface area (Å²) < 4.78 is 13.2. The fraction of sp³-hybridized carbons (Fsp3) is 0.125. The fourth-order valence-corrected chi connectivity index (χ4v) is 1.10. The second kappa shape index (κ2) is 3.77. The topological polar surface area (TPSA) is 77.8 Å². The predicted octanol–water partition coefficient (Wildman–Crippen LogP) is -0.488. The third-order valence-corrected chi connectivity index (χ3v) is 1.81. The van der Waals surface area contributed by atoms with Crippen molar-refractivity contribution in [3.8, 4) is 0 Å². The van der Waals surface area contributed by atoms with E-state index in [1.54, 1.807) is 0 Å². The quantitative estimate of drug-likeness (QED) is 0.560. The van der Waals surface area contributed by atoms with Gasteiger partial charge in [-0.1, -0.05) is 6.07 Å². The summed E-state index contributed by atoms with van der Waals surface area (Å²) in [6, 6.07) is 2.09. The number of carboxylic acids is 1. The third-order valence-electron chi connectivity index (χ3n) is 1.81. The van der Waals surface area contributed by atoms with Crippen molar-refractivity contribution in [2.75, 3.05) is 0 Å². The smallest absolute Gasteiger partial charge is 0.478 e. The molecule has 3 N–H and O–H groups in total. The number of halogens is 1. The molecule has 0 radical (unpaired) electrons. The Morgan fingerprint density at radius 1 is 1.43 bits per heavy atom. The van der Waals surface area contributed by atoms with Crippen LogP contribution in [0.5, 0.6) is 0 Å². The molecule has 0 saturated carbocycles. The number of hydrogen-bond acceptors (Lipinski definition) is 3. The van der Waals surface area contributed by atoms with E-state index in [1.807, 2.05) is 0 Å². The molecule has 74 valence electrons. The molecule has 0 aliphatic heterocycles. The number of aromatic carboxylic acids is 1. The molecule has 0 amide bonds. The second-order valence-corrected chi connectivity index (χ2v) is 2.88. The highest BCUT2D eigenvalue weighted by Crippen LogP contribution is 2.10. The van der Waals surface area contributed by atoms with Crippen LogP contribution in [0.15, 0.2) is 12.1 Å². The summed E-state index contributed by atoms with van der Waals surface area (Å²) in [7, 11) is -1.80. The lowest BCUT2D eigenvalue weighted by molar-refractivity contribution is 0.0692. The monoisotopic (exact) mass is 198 g/mol. The molecule has 0 saturated heterocycles. The Kier molecular flexibility index (Phi) is 2.88. The largest absolute Gasteiger partial charge is 0.488 e. The Balaban J connectivity index is 3.35. The summed E-state index contributed by atoms with van der Waals surface area (Å²) in [4.78, 5) is 10.5. The van der Waals surface area contributed by atoms with Crippen molar-refractivity contribution in [1.82, 2.24) is 0 Å². The van der Waals surface area contributed by atoms with Gasteiger partial charge in [0.05, 0.1) is 5.56 Å². The molecule has 0 bridgehead atoms. The Morgan fingerprint density at radius 2 is 2.00 bits per heavy atom. The first-order valence-corrected chi connectivity index (χ1v) is 3.83. The average molecular weight is 198 g/mol. The maximum absolute atomic E-state index is 13.2. The van der Waals surface area contributed by atoms with E-state index < -0.39 is 24.5 Å². The maximum Gasteiger partial charge on any atom is 0.488 e. The Bertz CT molecular complexity index is 378. The van der Waals surface area contributed by atoms with Crippen LogP contribution >= 0.6 is 0 Å². The van der Waals surface area contributed by atoms with Gasteiger partial charge in [-0.15, -0.1) is 0 Å². The molecule has 0 aliphatic rings. The molecule has 1 aromatic carbocycles. The molecule has 0 fully saturated rings. The standard InChI is InChI=1S/C8H8BFO4/c1-4-2-5(9(13)14)3-6(7(4)10)8(11)12/h2-3,13-14H,1H3,(H,11,12). The molecule has 0 aliphatic carbocycles. The van der Waals surface area contributed by atoms with Gasteiger partial charge in [0.2, 0.25) is 0 Å². The molecule has 4 nitrogen and oxygen atoms in total. The van der Waals surface area contributed by atoms with Crippen LogP contribution in [-0.4, -0.2) is 28.2 Å². The molecule has 0 spiro atoms. The van der Waals surface area contributed by atoms with E-state index in [0.29, 0.717) is 0 Å². The third kappa shape index (κ3) is 1.91. The van der Waals surface area contributed by atoms with Gasteiger partial charge >= 0.3 is 13.1 Å². The summed E-state index contributed by atoms with van der Waals surface area (Å²) in [6.45, 7) is 1.35. The van der Waals surface area contributed by atoms with Gasteiger partial charge < -0.3 is 15.2 Å².